The molecule has 0 amide bonds. The molecule has 1 rings (SSSR count). The fourth-order valence-electron chi connectivity index (χ4n) is 0.688. The molecule has 0 saturated carbocycles. The minimum absolute atomic E-state index is 0.114. The molecule has 0 saturated heterocycles. The molecule has 1 aromatic rings. The lowest BCUT2D eigenvalue weighted by Crippen LogP contribution is -2.18. The Bertz CT molecular complexity index is 298. The lowest BCUT2D eigenvalue weighted by atomic mass is 10.4. The summed E-state index contributed by atoms with van der Waals surface area (Å²) in [6.45, 7) is 0. The Morgan fingerprint density at radius 2 is 2.17 bits per heavy atom. The third-order valence-corrected chi connectivity index (χ3v) is 1.16. The van der Waals surface area contributed by atoms with Gasteiger partial charge in [-0.05, 0) is 0 Å². The van der Waals surface area contributed by atoms with Crippen LogP contribution in [0.3, 0.4) is 0 Å². The van der Waals surface area contributed by atoms with Crippen LogP contribution in [0.2, 0.25) is 0 Å². The summed E-state index contributed by atoms with van der Waals surface area (Å²) in [5.74, 6) is 0.346. The van der Waals surface area contributed by atoms with Gasteiger partial charge in [0, 0.05) is 12.4 Å². The largest absolute Gasteiger partial charge is 0.397 e. The summed E-state index contributed by atoms with van der Waals surface area (Å²) in [7, 11) is 1.39. The third-order valence-electron chi connectivity index (χ3n) is 1.16. The monoisotopic (exact) mass is 167 g/mol. The van der Waals surface area contributed by atoms with Crippen LogP contribution < -0.4 is 11.5 Å². The first kappa shape index (κ1) is 8.25. The number of hydrogen-bond donors (Lipinski definition) is 2. The number of nitrogens with zero attached hydrogens (tertiary/aromatic N) is 3. The highest BCUT2D eigenvalue weighted by Crippen LogP contribution is 2.01. The molecule has 0 aliphatic heterocycles. The molecule has 1 heterocycles. The van der Waals surface area contributed by atoms with Crippen LogP contribution in [0.4, 0.5) is 5.82 Å². The van der Waals surface area contributed by atoms with E-state index in [2.05, 4.69) is 20.0 Å². The second-order valence-electron chi connectivity index (χ2n) is 1.95. The molecule has 64 valence electrons. The van der Waals surface area contributed by atoms with Crippen molar-refractivity contribution in [3.63, 3.8) is 0 Å². The number of nitrogen functional groups attached to an aromatic ring is 1. The van der Waals surface area contributed by atoms with Gasteiger partial charge in [0.1, 0.15) is 7.11 Å². The van der Waals surface area contributed by atoms with E-state index in [1.165, 1.54) is 19.5 Å². The molecule has 0 fully saturated rings. The molecule has 0 aliphatic carbocycles. The van der Waals surface area contributed by atoms with Crippen LogP contribution in [0.25, 0.3) is 0 Å². The normalized spacial score (nSPS) is 11.2. The molecule has 1 aromatic heterocycles. The first-order valence-electron chi connectivity index (χ1n) is 3.19. The summed E-state index contributed by atoms with van der Waals surface area (Å²) in [5.41, 5.74) is 11.2. The number of amidine groups is 1. The molecule has 4 N–H and O–H groups in total. The number of oxime groups is 1. The molecule has 0 bridgehead atoms. The highest BCUT2D eigenvalue weighted by atomic mass is 16.6. The number of hydrogen-bond acceptors (Lipinski definition) is 5. The smallest absolute Gasteiger partial charge is 0.192 e. The van der Waals surface area contributed by atoms with Crippen molar-refractivity contribution in [1.29, 1.82) is 0 Å². The van der Waals surface area contributed by atoms with E-state index in [0.29, 0.717) is 5.69 Å². The molecule has 12 heavy (non-hydrogen) atoms. The summed E-state index contributed by atoms with van der Waals surface area (Å²) < 4.78 is 0. The lowest BCUT2D eigenvalue weighted by molar-refractivity contribution is 0.213. The van der Waals surface area contributed by atoms with Gasteiger partial charge in [-0.1, -0.05) is 5.16 Å². The van der Waals surface area contributed by atoms with Gasteiger partial charge in [-0.3, -0.25) is 0 Å². The van der Waals surface area contributed by atoms with Gasteiger partial charge in [0.05, 0.1) is 0 Å². The zero-order valence-corrected chi connectivity index (χ0v) is 6.56. The van der Waals surface area contributed by atoms with Crippen molar-refractivity contribution in [2.75, 3.05) is 12.8 Å². The SMILES string of the molecule is CO/N=C(/N)c1nccnc1N. The van der Waals surface area contributed by atoms with E-state index in [0.717, 1.165) is 0 Å². The number of nitrogens with two attached hydrogens (primary N) is 2. The third kappa shape index (κ3) is 1.60. The van der Waals surface area contributed by atoms with Gasteiger partial charge < -0.3 is 16.3 Å². The summed E-state index contributed by atoms with van der Waals surface area (Å²) in [4.78, 5) is 12.1. The van der Waals surface area contributed by atoms with Gasteiger partial charge in [0.15, 0.2) is 17.3 Å². The molecule has 0 spiro atoms. The second kappa shape index (κ2) is 3.51. The van der Waals surface area contributed by atoms with E-state index in [1.54, 1.807) is 0 Å². The molecule has 0 aliphatic rings. The van der Waals surface area contributed by atoms with Crippen molar-refractivity contribution in [2.24, 2.45) is 10.9 Å². The average Bonchev–Trinajstić information content (AvgIpc) is 2.05. The standard InChI is InChI=1S/C6H9N5O/c1-12-11-6(8)4-5(7)10-3-2-9-4/h2-3H,1H3,(H2,7,10)(H2,8,11). The van der Waals surface area contributed by atoms with Crippen LogP contribution in [-0.2, 0) is 4.84 Å². The van der Waals surface area contributed by atoms with Gasteiger partial charge in [0.2, 0.25) is 0 Å². The summed E-state index contributed by atoms with van der Waals surface area (Å²) in [6, 6.07) is 0. The fraction of sp³-hybridized carbons (Fsp3) is 0.167. The maximum Gasteiger partial charge on any atom is 0.192 e. The van der Waals surface area contributed by atoms with Crippen LogP contribution in [0.1, 0.15) is 5.69 Å². The molecular weight excluding hydrogens is 158 g/mol. The average molecular weight is 167 g/mol. The number of anilines is 1. The molecule has 6 nitrogen and oxygen atoms in total. The second-order valence-corrected chi connectivity index (χ2v) is 1.95. The van der Waals surface area contributed by atoms with E-state index in [-0.39, 0.29) is 11.7 Å². The molecule has 0 atom stereocenters. The van der Waals surface area contributed by atoms with Gasteiger partial charge in [-0.2, -0.15) is 0 Å². The fourth-order valence-corrected chi connectivity index (χ4v) is 0.688. The van der Waals surface area contributed by atoms with Crippen molar-refractivity contribution >= 4 is 11.7 Å². The Hall–Kier alpha value is -1.85. The van der Waals surface area contributed by atoms with E-state index < -0.39 is 0 Å². The zero-order chi connectivity index (χ0) is 8.97. The van der Waals surface area contributed by atoms with Crippen molar-refractivity contribution in [1.82, 2.24) is 9.97 Å². The van der Waals surface area contributed by atoms with Crippen LogP contribution in [-0.4, -0.2) is 22.9 Å². The van der Waals surface area contributed by atoms with Crippen molar-refractivity contribution in [2.45, 2.75) is 0 Å². The highest BCUT2D eigenvalue weighted by molar-refractivity contribution is 5.98. The molecule has 0 unspecified atom stereocenters. The number of aromatic nitrogens is 2. The quantitative estimate of drug-likeness (QED) is 0.345. The molecule has 0 radical (unpaired) electrons. The van der Waals surface area contributed by atoms with Crippen molar-refractivity contribution in [3.8, 4) is 0 Å². The van der Waals surface area contributed by atoms with Crippen LogP contribution in [0.15, 0.2) is 17.5 Å². The Labute approximate surface area is 69.2 Å². The Balaban J connectivity index is 3.02. The van der Waals surface area contributed by atoms with Gasteiger partial charge in [-0.25, -0.2) is 9.97 Å². The van der Waals surface area contributed by atoms with Crippen molar-refractivity contribution < 1.29 is 4.84 Å². The number of rotatable bonds is 2. The summed E-state index contributed by atoms with van der Waals surface area (Å²) in [5, 5.41) is 3.47. The topological polar surface area (TPSA) is 99.4 Å². The Morgan fingerprint density at radius 1 is 1.50 bits per heavy atom. The maximum absolute atomic E-state index is 5.46. The van der Waals surface area contributed by atoms with E-state index in [4.69, 9.17) is 11.5 Å². The minimum atomic E-state index is 0.114. The molecule has 0 aromatic carbocycles. The first-order chi connectivity index (χ1) is 5.75. The Kier molecular flexibility index (Phi) is 2.42. The highest BCUT2D eigenvalue weighted by Gasteiger charge is 2.05. The van der Waals surface area contributed by atoms with Gasteiger partial charge in [0.25, 0.3) is 0 Å². The minimum Gasteiger partial charge on any atom is -0.397 e. The van der Waals surface area contributed by atoms with Crippen LogP contribution in [0, 0.1) is 0 Å². The lowest BCUT2D eigenvalue weighted by Gasteiger charge is -2.00. The Morgan fingerprint density at radius 3 is 2.75 bits per heavy atom. The molecule has 6 heteroatoms. The van der Waals surface area contributed by atoms with Crippen LogP contribution >= 0.6 is 0 Å². The first-order valence-corrected chi connectivity index (χ1v) is 3.19. The van der Waals surface area contributed by atoms with Crippen molar-refractivity contribution in [3.05, 3.63) is 18.1 Å². The van der Waals surface area contributed by atoms with Crippen LogP contribution in [0.5, 0.6) is 0 Å². The predicted octanol–water partition coefficient (Wildman–Crippen LogP) is -0.675. The molecular formula is C6H9N5O. The van der Waals surface area contributed by atoms with Gasteiger partial charge >= 0.3 is 0 Å². The summed E-state index contributed by atoms with van der Waals surface area (Å²) in [6.07, 6.45) is 2.95. The predicted molar refractivity (Wildman–Crippen MR) is 44.2 cm³/mol. The van der Waals surface area contributed by atoms with Gasteiger partial charge in [-0.15, -0.1) is 0 Å². The summed E-state index contributed by atoms with van der Waals surface area (Å²) >= 11 is 0. The van der Waals surface area contributed by atoms with E-state index in [1.807, 2.05) is 0 Å². The van der Waals surface area contributed by atoms with E-state index >= 15 is 0 Å². The maximum atomic E-state index is 5.46. The zero-order valence-electron chi connectivity index (χ0n) is 6.56. The van der Waals surface area contributed by atoms with E-state index in [9.17, 15) is 0 Å².